The molecule has 1 N–H and O–H groups in total. The zero-order valence-corrected chi connectivity index (χ0v) is 26.2. The van der Waals surface area contributed by atoms with Crippen LogP contribution in [0.15, 0.2) is 54.7 Å². The van der Waals surface area contributed by atoms with Crippen LogP contribution in [0.5, 0.6) is 5.75 Å². The first-order valence-electron chi connectivity index (χ1n) is 15.2. The minimum Gasteiger partial charge on any atom is -0.491 e. The van der Waals surface area contributed by atoms with E-state index in [0.717, 1.165) is 59.6 Å². The number of aromatic nitrogens is 2. The first-order chi connectivity index (χ1) is 20.4. The molecule has 1 unspecified atom stereocenters. The van der Waals surface area contributed by atoms with E-state index in [-0.39, 0.29) is 24.3 Å². The fourth-order valence-electron chi connectivity index (χ4n) is 5.59. The number of imidazole rings is 1. The lowest BCUT2D eigenvalue weighted by atomic mass is 10.0. The van der Waals surface area contributed by atoms with Crippen LogP contribution in [0.1, 0.15) is 79.1 Å². The minimum atomic E-state index is -0.533. The van der Waals surface area contributed by atoms with E-state index in [9.17, 15) is 9.59 Å². The van der Waals surface area contributed by atoms with Crippen molar-refractivity contribution >= 4 is 12.2 Å². The average Bonchev–Trinajstić information content (AvgIpc) is 3.71. The van der Waals surface area contributed by atoms with Gasteiger partial charge in [0.25, 0.3) is 0 Å². The molecule has 2 atom stereocenters. The van der Waals surface area contributed by atoms with Crippen molar-refractivity contribution in [2.24, 2.45) is 0 Å². The molecule has 230 valence electrons. The van der Waals surface area contributed by atoms with Gasteiger partial charge in [-0.2, -0.15) is 0 Å². The highest BCUT2D eigenvalue weighted by Crippen LogP contribution is 2.33. The molecule has 3 heterocycles. The molecule has 0 radical (unpaired) electrons. The maximum Gasteiger partial charge on any atom is 0.410 e. The van der Waals surface area contributed by atoms with Crippen molar-refractivity contribution in [2.75, 3.05) is 19.7 Å². The van der Waals surface area contributed by atoms with Crippen LogP contribution in [0.25, 0.3) is 22.4 Å². The zero-order chi connectivity index (χ0) is 30.8. The van der Waals surface area contributed by atoms with Crippen LogP contribution in [0, 0.1) is 0 Å². The number of rotatable bonds is 6. The Labute approximate surface area is 254 Å². The number of ether oxygens (including phenoxy) is 3. The van der Waals surface area contributed by atoms with Crippen molar-refractivity contribution in [3.05, 3.63) is 60.6 Å². The molecule has 5 rings (SSSR count). The van der Waals surface area contributed by atoms with Gasteiger partial charge in [0.2, 0.25) is 0 Å². The summed E-state index contributed by atoms with van der Waals surface area (Å²) in [5.74, 6) is 1.55. The highest BCUT2D eigenvalue weighted by molar-refractivity contribution is 5.71. The molecule has 2 aliphatic heterocycles. The van der Waals surface area contributed by atoms with Crippen molar-refractivity contribution in [1.82, 2.24) is 19.8 Å². The molecule has 0 saturated carbocycles. The zero-order valence-electron chi connectivity index (χ0n) is 26.2. The molecule has 9 nitrogen and oxygen atoms in total. The predicted octanol–water partition coefficient (Wildman–Crippen LogP) is 7.59. The first-order valence-corrected chi connectivity index (χ1v) is 15.2. The standard InChI is InChI=1S/C34H44N4O5/c1-33(2,3)42-31(39)37-19-7-9-26(37)22-41-27-17-15-24(16-18-27)23-11-13-25(14-12-23)28-21-35-30(36-28)29-10-8-20-38(29)32(40)43-34(4,5)6/h11-18,21,26,29H,7-10,19-20,22H2,1-6H3,(H,35,36)/t26?,29-/m0/s1. The number of benzene rings is 2. The van der Waals surface area contributed by atoms with E-state index in [1.165, 1.54) is 0 Å². The van der Waals surface area contributed by atoms with Gasteiger partial charge >= 0.3 is 12.2 Å². The Bertz CT molecular complexity index is 1400. The molecular weight excluding hydrogens is 544 g/mol. The SMILES string of the molecule is CC(C)(C)OC(=O)N1CCCC1COc1ccc(-c2ccc(-c3cnc([C@@H]4CCCN4C(=O)OC(C)(C)C)[nH]3)cc2)cc1. The second-order valence-electron chi connectivity index (χ2n) is 13.4. The van der Waals surface area contributed by atoms with Crippen LogP contribution in [0.4, 0.5) is 9.59 Å². The minimum absolute atomic E-state index is 0.0131. The van der Waals surface area contributed by atoms with Gasteiger partial charge in [0.1, 0.15) is 29.4 Å². The Balaban J connectivity index is 1.18. The maximum atomic E-state index is 12.7. The number of likely N-dealkylation sites (tertiary alicyclic amines) is 2. The molecule has 2 amide bonds. The molecule has 0 spiro atoms. The lowest BCUT2D eigenvalue weighted by Gasteiger charge is -2.28. The summed E-state index contributed by atoms with van der Waals surface area (Å²) >= 11 is 0. The monoisotopic (exact) mass is 588 g/mol. The third kappa shape index (κ3) is 7.69. The van der Waals surface area contributed by atoms with Crippen molar-refractivity contribution in [1.29, 1.82) is 0 Å². The normalized spacial score (nSPS) is 19.0. The highest BCUT2D eigenvalue weighted by Gasteiger charge is 2.35. The van der Waals surface area contributed by atoms with Crippen molar-refractivity contribution in [2.45, 2.75) is 90.5 Å². The molecule has 2 aliphatic rings. The lowest BCUT2D eigenvalue weighted by Crippen LogP contribution is -2.42. The second-order valence-corrected chi connectivity index (χ2v) is 13.4. The fourth-order valence-corrected chi connectivity index (χ4v) is 5.59. The fraction of sp³-hybridized carbons (Fsp3) is 0.500. The van der Waals surface area contributed by atoms with E-state index in [0.29, 0.717) is 19.7 Å². The van der Waals surface area contributed by atoms with E-state index in [2.05, 4.69) is 34.2 Å². The number of H-pyrrole nitrogens is 1. The number of hydrogen-bond donors (Lipinski definition) is 1. The van der Waals surface area contributed by atoms with Gasteiger partial charge in [-0.1, -0.05) is 36.4 Å². The number of nitrogens with one attached hydrogen (secondary N) is 1. The largest absolute Gasteiger partial charge is 0.491 e. The molecule has 0 aliphatic carbocycles. The summed E-state index contributed by atoms with van der Waals surface area (Å²) in [6.07, 6.45) is 4.89. The van der Waals surface area contributed by atoms with E-state index in [1.807, 2.05) is 72.0 Å². The third-order valence-electron chi connectivity index (χ3n) is 7.62. The summed E-state index contributed by atoms with van der Waals surface area (Å²) < 4.78 is 17.2. The number of hydrogen-bond acceptors (Lipinski definition) is 6. The van der Waals surface area contributed by atoms with Gasteiger partial charge < -0.3 is 24.1 Å². The van der Waals surface area contributed by atoms with Crippen LogP contribution >= 0.6 is 0 Å². The summed E-state index contributed by atoms with van der Waals surface area (Å²) in [5, 5.41) is 0. The maximum absolute atomic E-state index is 12.7. The molecule has 2 fully saturated rings. The molecule has 2 aromatic carbocycles. The topological polar surface area (TPSA) is 97.0 Å². The number of carbonyl (C=O) groups excluding carboxylic acids is 2. The van der Waals surface area contributed by atoms with Gasteiger partial charge in [0.15, 0.2) is 0 Å². The van der Waals surface area contributed by atoms with Crippen molar-refractivity contribution < 1.29 is 23.8 Å². The third-order valence-corrected chi connectivity index (χ3v) is 7.62. The highest BCUT2D eigenvalue weighted by atomic mass is 16.6. The van der Waals surface area contributed by atoms with E-state index >= 15 is 0 Å². The number of aromatic amines is 1. The van der Waals surface area contributed by atoms with E-state index in [1.54, 1.807) is 9.80 Å². The van der Waals surface area contributed by atoms with E-state index in [4.69, 9.17) is 14.2 Å². The Morgan fingerprint density at radius 2 is 1.33 bits per heavy atom. The molecular formula is C34H44N4O5. The summed E-state index contributed by atoms with van der Waals surface area (Å²) in [6, 6.07) is 16.2. The number of amides is 2. The Kier molecular flexibility index (Phi) is 8.71. The van der Waals surface area contributed by atoms with Gasteiger partial charge in [-0.3, -0.25) is 4.90 Å². The Morgan fingerprint density at radius 1 is 0.791 bits per heavy atom. The summed E-state index contributed by atoms with van der Waals surface area (Å²) in [6.45, 7) is 13.1. The summed E-state index contributed by atoms with van der Waals surface area (Å²) in [7, 11) is 0. The molecule has 0 bridgehead atoms. The summed E-state index contributed by atoms with van der Waals surface area (Å²) in [4.78, 5) is 36.9. The van der Waals surface area contributed by atoms with Gasteiger partial charge in [0.05, 0.1) is 24.0 Å². The predicted molar refractivity (Wildman–Crippen MR) is 166 cm³/mol. The van der Waals surface area contributed by atoms with Crippen LogP contribution in [0.2, 0.25) is 0 Å². The molecule has 2 saturated heterocycles. The van der Waals surface area contributed by atoms with Crippen LogP contribution in [-0.2, 0) is 9.47 Å². The molecule has 1 aromatic heterocycles. The molecule has 3 aromatic rings. The van der Waals surface area contributed by atoms with Crippen LogP contribution in [-0.4, -0.2) is 68.9 Å². The van der Waals surface area contributed by atoms with E-state index < -0.39 is 11.2 Å². The Morgan fingerprint density at radius 3 is 1.95 bits per heavy atom. The number of nitrogens with zero attached hydrogens (tertiary/aromatic N) is 3. The van der Waals surface area contributed by atoms with Gasteiger partial charge in [-0.25, -0.2) is 14.6 Å². The quantitative estimate of drug-likeness (QED) is 0.319. The number of carbonyl (C=O) groups is 2. The molecule has 43 heavy (non-hydrogen) atoms. The second kappa shape index (κ2) is 12.3. The smallest absolute Gasteiger partial charge is 0.410 e. The van der Waals surface area contributed by atoms with Crippen molar-refractivity contribution in [3.8, 4) is 28.1 Å². The lowest BCUT2D eigenvalue weighted by molar-refractivity contribution is 0.0184. The van der Waals surface area contributed by atoms with Gasteiger partial charge in [-0.15, -0.1) is 0 Å². The average molecular weight is 589 g/mol. The van der Waals surface area contributed by atoms with Gasteiger partial charge in [0, 0.05) is 13.1 Å². The first kappa shape index (κ1) is 30.4. The van der Waals surface area contributed by atoms with Crippen molar-refractivity contribution in [3.63, 3.8) is 0 Å². The van der Waals surface area contributed by atoms with Crippen LogP contribution in [0.3, 0.4) is 0 Å². The summed E-state index contributed by atoms with van der Waals surface area (Å²) in [5.41, 5.74) is 3.06. The van der Waals surface area contributed by atoms with Gasteiger partial charge in [-0.05, 0) is 96.0 Å². The molecule has 9 heteroatoms. The Hall–Kier alpha value is -4.01. The van der Waals surface area contributed by atoms with Crippen LogP contribution < -0.4 is 4.74 Å².